The Kier molecular flexibility index (Phi) is 5.15. The van der Waals surface area contributed by atoms with E-state index in [1.54, 1.807) is 29.2 Å². The number of hydrogen-bond acceptors (Lipinski definition) is 5. The van der Waals surface area contributed by atoms with Crippen molar-refractivity contribution in [2.75, 3.05) is 7.11 Å². The van der Waals surface area contributed by atoms with Gasteiger partial charge < -0.3 is 9.30 Å². The molecule has 3 aromatic heterocycles. The van der Waals surface area contributed by atoms with Crippen LogP contribution in [0.4, 0.5) is 13.2 Å². The molecular formula is C23H21F3N6O. The van der Waals surface area contributed by atoms with Crippen molar-refractivity contribution in [3.63, 3.8) is 0 Å². The number of rotatable bonds is 4. The summed E-state index contributed by atoms with van der Waals surface area (Å²) < 4.78 is 49.5. The summed E-state index contributed by atoms with van der Waals surface area (Å²) in [5.74, 6) is 1.26. The van der Waals surface area contributed by atoms with Crippen LogP contribution in [0, 0.1) is 6.92 Å². The van der Waals surface area contributed by atoms with E-state index in [2.05, 4.69) is 20.1 Å². The monoisotopic (exact) mass is 454 g/mol. The van der Waals surface area contributed by atoms with E-state index >= 15 is 0 Å². The maximum absolute atomic E-state index is 13.5. The van der Waals surface area contributed by atoms with E-state index in [-0.39, 0.29) is 5.92 Å². The number of alkyl halides is 3. The molecule has 10 heteroatoms. The van der Waals surface area contributed by atoms with Gasteiger partial charge in [0.05, 0.1) is 24.7 Å². The second-order valence-electron chi connectivity index (χ2n) is 8.00. The Hall–Kier alpha value is -3.69. The Bertz CT molecular complexity index is 1310. The molecule has 1 aromatic carbocycles. The molecule has 7 nitrogen and oxygen atoms in total. The highest BCUT2D eigenvalue weighted by atomic mass is 19.4. The van der Waals surface area contributed by atoms with Crippen LogP contribution in [0.25, 0.3) is 17.2 Å². The number of ether oxygens (including phenoxy) is 1. The Morgan fingerprint density at radius 2 is 1.91 bits per heavy atom. The molecule has 0 saturated heterocycles. The van der Waals surface area contributed by atoms with Gasteiger partial charge in [-0.15, -0.1) is 5.10 Å². The molecule has 0 fully saturated rings. The number of aromatic nitrogens is 6. The quantitative estimate of drug-likeness (QED) is 0.451. The minimum atomic E-state index is -4.39. The van der Waals surface area contributed by atoms with Crippen LogP contribution in [-0.4, -0.2) is 36.4 Å². The third kappa shape index (κ3) is 3.96. The predicted octanol–water partition coefficient (Wildman–Crippen LogP) is 4.59. The summed E-state index contributed by atoms with van der Waals surface area (Å²) in [6.07, 6.45) is 0.265. The molecule has 1 aliphatic rings. The lowest BCUT2D eigenvalue weighted by atomic mass is 9.88. The number of benzene rings is 1. The largest absolute Gasteiger partial charge is 0.479 e. The molecule has 4 heterocycles. The van der Waals surface area contributed by atoms with Gasteiger partial charge in [0, 0.05) is 25.1 Å². The van der Waals surface area contributed by atoms with E-state index in [4.69, 9.17) is 4.74 Å². The minimum absolute atomic E-state index is 0.292. The molecule has 5 rings (SSSR count). The molecule has 0 spiro atoms. The lowest BCUT2D eigenvalue weighted by Gasteiger charge is -2.25. The summed E-state index contributed by atoms with van der Waals surface area (Å²) in [5, 5.41) is 4.56. The fourth-order valence-corrected chi connectivity index (χ4v) is 4.24. The van der Waals surface area contributed by atoms with Crippen LogP contribution in [0.2, 0.25) is 0 Å². The Labute approximate surface area is 187 Å². The van der Waals surface area contributed by atoms with Crippen molar-refractivity contribution < 1.29 is 17.9 Å². The van der Waals surface area contributed by atoms with Gasteiger partial charge in [0.1, 0.15) is 17.2 Å². The summed E-state index contributed by atoms with van der Waals surface area (Å²) in [7, 11) is 1.54. The van der Waals surface area contributed by atoms with Crippen molar-refractivity contribution in [3.05, 3.63) is 71.6 Å². The molecule has 4 aromatic rings. The number of pyridine rings is 1. The van der Waals surface area contributed by atoms with E-state index in [1.807, 2.05) is 23.8 Å². The minimum Gasteiger partial charge on any atom is -0.479 e. The fourth-order valence-electron chi connectivity index (χ4n) is 4.24. The molecule has 1 aliphatic heterocycles. The highest BCUT2D eigenvalue weighted by Gasteiger charge is 2.36. The van der Waals surface area contributed by atoms with E-state index in [0.717, 1.165) is 23.3 Å². The van der Waals surface area contributed by atoms with Gasteiger partial charge in [0.2, 0.25) is 5.88 Å². The van der Waals surface area contributed by atoms with E-state index in [0.29, 0.717) is 42.3 Å². The first-order chi connectivity index (χ1) is 15.8. The number of methoxy groups -OCH3 is 1. The van der Waals surface area contributed by atoms with Crippen LogP contribution >= 0.6 is 0 Å². The summed E-state index contributed by atoms with van der Waals surface area (Å²) >= 11 is 0. The molecular weight excluding hydrogens is 433 g/mol. The smallest absolute Gasteiger partial charge is 0.416 e. The van der Waals surface area contributed by atoms with Crippen LogP contribution in [0.5, 0.6) is 5.88 Å². The zero-order chi connectivity index (χ0) is 23.2. The zero-order valence-electron chi connectivity index (χ0n) is 18.0. The molecule has 33 heavy (non-hydrogen) atoms. The summed E-state index contributed by atoms with van der Waals surface area (Å²) in [4.78, 5) is 13.4. The first-order valence-corrected chi connectivity index (χ1v) is 10.5. The third-order valence-electron chi connectivity index (χ3n) is 5.82. The molecule has 0 saturated carbocycles. The number of aryl methyl sites for hydroxylation is 2. The number of halogens is 3. The maximum Gasteiger partial charge on any atom is 0.416 e. The highest BCUT2D eigenvalue weighted by molar-refractivity contribution is 5.55. The molecule has 0 bridgehead atoms. The van der Waals surface area contributed by atoms with Gasteiger partial charge in [-0.25, -0.2) is 19.6 Å². The van der Waals surface area contributed by atoms with Gasteiger partial charge >= 0.3 is 6.18 Å². The van der Waals surface area contributed by atoms with Crippen LogP contribution < -0.4 is 4.74 Å². The lowest BCUT2D eigenvalue weighted by Crippen LogP contribution is -2.22. The van der Waals surface area contributed by atoms with Crippen LogP contribution in [-0.2, 0) is 19.1 Å². The Morgan fingerprint density at radius 3 is 2.64 bits per heavy atom. The van der Waals surface area contributed by atoms with Crippen molar-refractivity contribution in [2.45, 2.75) is 38.4 Å². The van der Waals surface area contributed by atoms with Gasteiger partial charge in [-0.1, -0.05) is 18.2 Å². The van der Waals surface area contributed by atoms with Gasteiger partial charge in [-0.2, -0.15) is 13.2 Å². The average Bonchev–Trinajstić information content (AvgIpc) is 3.43. The maximum atomic E-state index is 13.5. The average molecular weight is 454 g/mol. The van der Waals surface area contributed by atoms with Crippen molar-refractivity contribution in [1.29, 1.82) is 0 Å². The van der Waals surface area contributed by atoms with Crippen molar-refractivity contribution in [2.24, 2.45) is 0 Å². The molecule has 170 valence electrons. The third-order valence-corrected chi connectivity index (χ3v) is 5.82. The lowest BCUT2D eigenvalue weighted by molar-refractivity contribution is -0.138. The SMILES string of the molecule is COc1nc(-c2nc3n(n2)C[C@@H](c2ccccc2C(F)(F)F)CC3)ccc1-n1cnc(C)c1. The molecule has 0 aliphatic carbocycles. The van der Waals surface area contributed by atoms with Crippen LogP contribution in [0.3, 0.4) is 0 Å². The van der Waals surface area contributed by atoms with E-state index < -0.39 is 11.7 Å². The molecule has 0 amide bonds. The van der Waals surface area contributed by atoms with E-state index in [9.17, 15) is 13.2 Å². The predicted molar refractivity (Wildman–Crippen MR) is 114 cm³/mol. The van der Waals surface area contributed by atoms with E-state index in [1.165, 1.54) is 13.2 Å². The number of fused-ring (bicyclic) bond motifs is 1. The summed E-state index contributed by atoms with van der Waals surface area (Å²) in [6.45, 7) is 2.23. The molecule has 0 N–H and O–H groups in total. The Morgan fingerprint density at radius 1 is 1.09 bits per heavy atom. The van der Waals surface area contributed by atoms with Gasteiger partial charge in [0.25, 0.3) is 0 Å². The van der Waals surface area contributed by atoms with Crippen molar-refractivity contribution in [1.82, 2.24) is 29.3 Å². The van der Waals surface area contributed by atoms with Gasteiger partial charge in [-0.3, -0.25) is 0 Å². The number of imidazole rings is 1. The second-order valence-corrected chi connectivity index (χ2v) is 8.00. The Balaban J connectivity index is 1.44. The fraction of sp³-hybridized carbons (Fsp3) is 0.304. The number of nitrogens with zero attached hydrogens (tertiary/aromatic N) is 6. The topological polar surface area (TPSA) is 70.7 Å². The first-order valence-electron chi connectivity index (χ1n) is 10.5. The number of hydrogen-bond donors (Lipinski definition) is 0. The van der Waals surface area contributed by atoms with Gasteiger partial charge in [-0.05, 0) is 37.1 Å². The van der Waals surface area contributed by atoms with Gasteiger partial charge in [0.15, 0.2) is 5.82 Å². The molecule has 1 atom stereocenters. The van der Waals surface area contributed by atoms with Crippen molar-refractivity contribution >= 4 is 0 Å². The van der Waals surface area contributed by atoms with Crippen LogP contribution in [0.1, 0.15) is 35.0 Å². The highest BCUT2D eigenvalue weighted by Crippen LogP contribution is 2.38. The van der Waals surface area contributed by atoms with Crippen LogP contribution in [0.15, 0.2) is 48.9 Å². The first kappa shape index (κ1) is 21.2. The molecule has 0 unspecified atom stereocenters. The normalized spacial score (nSPS) is 16.0. The standard InChI is InChI=1S/C23H21F3N6O/c1-14-11-31(13-27-14)19-9-8-18(28-22(19)33-2)21-29-20-10-7-15(12-32(20)30-21)16-5-3-4-6-17(16)23(24,25)26/h3-6,8-9,11,13,15H,7,10,12H2,1-2H3/t15-/m0/s1. The molecule has 0 radical (unpaired) electrons. The summed E-state index contributed by atoms with van der Waals surface area (Å²) in [5.41, 5.74) is 1.84. The second kappa shape index (κ2) is 8.02. The zero-order valence-corrected chi connectivity index (χ0v) is 18.0. The van der Waals surface area contributed by atoms with Crippen molar-refractivity contribution in [3.8, 4) is 23.1 Å². The summed E-state index contributed by atoms with van der Waals surface area (Å²) in [6, 6.07) is 9.40.